The van der Waals surface area contributed by atoms with Crippen LogP contribution in [-0.2, 0) is 4.74 Å². The molecule has 0 radical (unpaired) electrons. The summed E-state index contributed by atoms with van der Waals surface area (Å²) in [4.78, 5) is 27.8. The summed E-state index contributed by atoms with van der Waals surface area (Å²) in [6, 6.07) is 4.63. The molecule has 136 valence electrons. The van der Waals surface area contributed by atoms with E-state index >= 15 is 0 Å². The summed E-state index contributed by atoms with van der Waals surface area (Å²) in [6.45, 7) is 4.05. The zero-order valence-corrected chi connectivity index (χ0v) is 14.5. The van der Waals surface area contributed by atoms with Gasteiger partial charge in [-0.3, -0.25) is 14.9 Å². The SMILES string of the molecule is O=C(c1cc([N+](=O)[O-])ccc1N1CCOCC1)N1CCCCCCC1. The Hall–Kier alpha value is -2.15. The minimum Gasteiger partial charge on any atom is -0.378 e. The van der Waals surface area contributed by atoms with E-state index in [1.54, 1.807) is 6.07 Å². The van der Waals surface area contributed by atoms with Gasteiger partial charge in [-0.25, -0.2) is 0 Å². The highest BCUT2D eigenvalue weighted by atomic mass is 16.6. The van der Waals surface area contributed by atoms with Crippen molar-refractivity contribution in [3.8, 4) is 0 Å². The number of carbonyl (C=O) groups excluding carboxylic acids is 1. The number of hydrogen-bond donors (Lipinski definition) is 0. The second-order valence-electron chi connectivity index (χ2n) is 6.62. The molecule has 0 aliphatic carbocycles. The molecule has 3 rings (SSSR count). The van der Waals surface area contributed by atoms with Crippen LogP contribution in [0.5, 0.6) is 0 Å². The lowest BCUT2D eigenvalue weighted by molar-refractivity contribution is -0.384. The van der Waals surface area contributed by atoms with Gasteiger partial charge in [0.2, 0.25) is 0 Å². The van der Waals surface area contributed by atoms with Crippen LogP contribution in [0, 0.1) is 10.1 Å². The molecule has 2 heterocycles. The molecule has 1 aromatic rings. The molecule has 0 saturated carbocycles. The normalized spacial score (nSPS) is 19.2. The summed E-state index contributed by atoms with van der Waals surface area (Å²) in [7, 11) is 0. The van der Waals surface area contributed by atoms with Crippen LogP contribution in [0.3, 0.4) is 0 Å². The molecule has 0 unspecified atom stereocenters. The molecule has 2 aliphatic heterocycles. The summed E-state index contributed by atoms with van der Waals surface area (Å²) in [5.74, 6) is -0.0907. The monoisotopic (exact) mass is 347 g/mol. The predicted molar refractivity (Wildman–Crippen MR) is 95.1 cm³/mol. The molecule has 1 amide bonds. The number of hydrogen-bond acceptors (Lipinski definition) is 5. The van der Waals surface area contributed by atoms with E-state index in [1.807, 2.05) is 4.90 Å². The largest absolute Gasteiger partial charge is 0.378 e. The molecule has 0 atom stereocenters. The summed E-state index contributed by atoms with van der Waals surface area (Å²) in [5, 5.41) is 11.2. The minimum atomic E-state index is -0.437. The fourth-order valence-corrected chi connectivity index (χ4v) is 3.51. The number of rotatable bonds is 3. The van der Waals surface area contributed by atoms with E-state index in [4.69, 9.17) is 4.74 Å². The third-order valence-electron chi connectivity index (χ3n) is 4.92. The van der Waals surface area contributed by atoms with Crippen molar-refractivity contribution in [1.82, 2.24) is 4.90 Å². The molecule has 0 N–H and O–H groups in total. The Bertz CT molecular complexity index is 621. The van der Waals surface area contributed by atoms with Crippen LogP contribution in [-0.4, -0.2) is 55.1 Å². The van der Waals surface area contributed by atoms with Crippen molar-refractivity contribution in [2.75, 3.05) is 44.3 Å². The van der Waals surface area contributed by atoms with E-state index in [0.717, 1.165) is 44.5 Å². The molecule has 2 aliphatic rings. The Balaban J connectivity index is 1.91. The van der Waals surface area contributed by atoms with Crippen LogP contribution in [0.1, 0.15) is 42.5 Å². The van der Waals surface area contributed by atoms with Crippen LogP contribution in [0.15, 0.2) is 18.2 Å². The van der Waals surface area contributed by atoms with Crippen molar-refractivity contribution in [3.63, 3.8) is 0 Å². The predicted octanol–water partition coefficient (Wildman–Crippen LogP) is 2.84. The number of nitro benzene ring substituents is 1. The van der Waals surface area contributed by atoms with Gasteiger partial charge in [0.25, 0.3) is 11.6 Å². The highest BCUT2D eigenvalue weighted by Crippen LogP contribution is 2.28. The van der Waals surface area contributed by atoms with E-state index in [9.17, 15) is 14.9 Å². The Morgan fingerprint density at radius 1 is 1.00 bits per heavy atom. The lowest BCUT2D eigenvalue weighted by Gasteiger charge is -2.32. The van der Waals surface area contributed by atoms with E-state index < -0.39 is 4.92 Å². The van der Waals surface area contributed by atoms with Crippen molar-refractivity contribution >= 4 is 17.3 Å². The van der Waals surface area contributed by atoms with Gasteiger partial charge in [0.15, 0.2) is 0 Å². The van der Waals surface area contributed by atoms with E-state index in [-0.39, 0.29) is 11.6 Å². The first-order valence-corrected chi connectivity index (χ1v) is 9.07. The van der Waals surface area contributed by atoms with Gasteiger partial charge in [0.05, 0.1) is 29.4 Å². The minimum absolute atomic E-state index is 0.0348. The molecule has 0 spiro atoms. The Morgan fingerprint density at radius 2 is 1.64 bits per heavy atom. The maximum absolute atomic E-state index is 13.1. The fourth-order valence-electron chi connectivity index (χ4n) is 3.51. The number of ether oxygens (including phenoxy) is 1. The average molecular weight is 347 g/mol. The number of likely N-dealkylation sites (tertiary alicyclic amines) is 1. The standard InChI is InChI=1S/C18H25N3O4/c22-18(20-8-4-2-1-3-5-9-20)16-14-15(21(23)24)6-7-17(16)19-10-12-25-13-11-19/h6-7,14H,1-5,8-13H2. The van der Waals surface area contributed by atoms with E-state index in [1.165, 1.54) is 18.6 Å². The number of morpholine rings is 1. The van der Waals surface area contributed by atoms with Gasteiger partial charge < -0.3 is 14.5 Å². The Labute approximate surface area is 147 Å². The lowest BCUT2D eigenvalue weighted by atomic mass is 10.1. The molecule has 2 fully saturated rings. The van der Waals surface area contributed by atoms with Crippen LogP contribution in [0.25, 0.3) is 0 Å². The van der Waals surface area contributed by atoms with Gasteiger partial charge in [0, 0.05) is 38.3 Å². The van der Waals surface area contributed by atoms with Gasteiger partial charge in [0.1, 0.15) is 0 Å². The average Bonchev–Trinajstić information content (AvgIpc) is 2.61. The van der Waals surface area contributed by atoms with Crippen LogP contribution < -0.4 is 4.90 Å². The van der Waals surface area contributed by atoms with E-state index in [0.29, 0.717) is 31.9 Å². The van der Waals surface area contributed by atoms with Crippen molar-refractivity contribution in [2.24, 2.45) is 0 Å². The number of non-ortho nitro benzene ring substituents is 1. The molecular weight excluding hydrogens is 322 g/mol. The molecule has 1 aromatic carbocycles. The number of nitro groups is 1. The van der Waals surface area contributed by atoms with Crippen LogP contribution >= 0.6 is 0 Å². The first-order valence-electron chi connectivity index (χ1n) is 9.07. The molecule has 2 saturated heterocycles. The van der Waals surface area contributed by atoms with Gasteiger partial charge in [-0.05, 0) is 18.9 Å². The van der Waals surface area contributed by atoms with Crippen LogP contribution in [0.4, 0.5) is 11.4 Å². The first kappa shape index (κ1) is 17.7. The maximum Gasteiger partial charge on any atom is 0.270 e. The number of nitrogens with zero attached hydrogens (tertiary/aromatic N) is 3. The van der Waals surface area contributed by atoms with Gasteiger partial charge >= 0.3 is 0 Å². The van der Waals surface area contributed by atoms with E-state index in [2.05, 4.69) is 4.90 Å². The first-order chi connectivity index (χ1) is 12.2. The van der Waals surface area contributed by atoms with Gasteiger partial charge in [-0.15, -0.1) is 0 Å². The smallest absolute Gasteiger partial charge is 0.270 e. The lowest BCUT2D eigenvalue weighted by Crippen LogP contribution is -2.39. The van der Waals surface area contributed by atoms with Crippen molar-refractivity contribution in [1.29, 1.82) is 0 Å². The quantitative estimate of drug-likeness (QED) is 0.621. The molecule has 7 heteroatoms. The molecular formula is C18H25N3O4. The summed E-state index contributed by atoms with van der Waals surface area (Å²) >= 11 is 0. The number of carbonyl (C=O) groups is 1. The zero-order chi connectivity index (χ0) is 17.6. The molecule has 25 heavy (non-hydrogen) atoms. The fraction of sp³-hybridized carbons (Fsp3) is 0.611. The summed E-state index contributed by atoms with van der Waals surface area (Å²) < 4.78 is 5.39. The number of benzene rings is 1. The third kappa shape index (κ3) is 4.28. The molecule has 0 bridgehead atoms. The summed E-state index contributed by atoms with van der Waals surface area (Å²) in [6.07, 6.45) is 5.48. The third-order valence-corrected chi connectivity index (χ3v) is 4.92. The topological polar surface area (TPSA) is 75.9 Å². The summed E-state index contributed by atoms with van der Waals surface area (Å²) in [5.41, 5.74) is 1.19. The second-order valence-corrected chi connectivity index (χ2v) is 6.62. The second kappa shape index (κ2) is 8.29. The van der Waals surface area contributed by atoms with Crippen molar-refractivity contribution in [3.05, 3.63) is 33.9 Å². The number of anilines is 1. The number of amides is 1. The highest BCUT2D eigenvalue weighted by molar-refractivity contribution is 6.00. The molecule has 7 nitrogen and oxygen atoms in total. The van der Waals surface area contributed by atoms with Gasteiger partial charge in [-0.2, -0.15) is 0 Å². The molecule has 0 aromatic heterocycles. The Morgan fingerprint density at radius 3 is 2.28 bits per heavy atom. The van der Waals surface area contributed by atoms with Gasteiger partial charge in [-0.1, -0.05) is 19.3 Å². The Kier molecular flexibility index (Phi) is 5.86. The van der Waals surface area contributed by atoms with Crippen LogP contribution in [0.2, 0.25) is 0 Å². The maximum atomic E-state index is 13.1. The van der Waals surface area contributed by atoms with Crippen molar-refractivity contribution in [2.45, 2.75) is 32.1 Å². The van der Waals surface area contributed by atoms with Crippen molar-refractivity contribution < 1.29 is 14.5 Å². The highest BCUT2D eigenvalue weighted by Gasteiger charge is 2.25. The zero-order valence-electron chi connectivity index (χ0n) is 14.5.